The van der Waals surface area contributed by atoms with Gasteiger partial charge >= 0.3 is 6.18 Å². The quantitative estimate of drug-likeness (QED) is 0.865. The first-order valence-electron chi connectivity index (χ1n) is 4.33. The Hall–Kier alpha value is -0.330. The van der Waals surface area contributed by atoms with E-state index in [-0.39, 0.29) is 18.8 Å². The molecule has 1 aromatic heterocycles. The second kappa shape index (κ2) is 6.42. The van der Waals surface area contributed by atoms with Crippen molar-refractivity contribution in [3.8, 4) is 0 Å². The van der Waals surface area contributed by atoms with Crippen LogP contribution in [0.4, 0.5) is 13.2 Å². The average molecular weight is 320 g/mol. The molecule has 0 aliphatic carbocycles. The summed E-state index contributed by atoms with van der Waals surface area (Å²) in [5.74, 6) is 0. The Morgan fingerprint density at radius 1 is 1.38 bits per heavy atom. The lowest BCUT2D eigenvalue weighted by Gasteiger charge is -2.12. The zero-order chi connectivity index (χ0) is 11.5. The maximum atomic E-state index is 11.9. The van der Waals surface area contributed by atoms with Crippen LogP contribution in [0.1, 0.15) is 24.6 Å². The number of halogens is 5. The first-order chi connectivity index (χ1) is 6.88. The maximum Gasteiger partial charge on any atom is 0.389 e. The normalized spacial score (nSPS) is 13.1. The Morgan fingerprint density at radius 2 is 2.00 bits per heavy atom. The highest BCUT2D eigenvalue weighted by atomic mass is 79.9. The van der Waals surface area contributed by atoms with Crippen molar-refractivity contribution in [2.24, 2.45) is 5.73 Å². The van der Waals surface area contributed by atoms with Gasteiger partial charge in [-0.1, -0.05) is 6.07 Å². The van der Waals surface area contributed by atoms with Gasteiger partial charge in [-0.25, -0.2) is 4.98 Å². The summed E-state index contributed by atoms with van der Waals surface area (Å²) < 4.78 is 36.3. The van der Waals surface area contributed by atoms with Crippen molar-refractivity contribution in [3.63, 3.8) is 0 Å². The van der Waals surface area contributed by atoms with E-state index in [1.54, 1.807) is 18.2 Å². The van der Waals surface area contributed by atoms with Gasteiger partial charge in [-0.15, -0.1) is 12.4 Å². The van der Waals surface area contributed by atoms with Crippen molar-refractivity contribution in [1.29, 1.82) is 0 Å². The summed E-state index contributed by atoms with van der Waals surface area (Å²) >= 11 is 3.13. The number of hydrogen-bond donors (Lipinski definition) is 1. The van der Waals surface area contributed by atoms with E-state index in [1.165, 1.54) is 0 Å². The van der Waals surface area contributed by atoms with Gasteiger partial charge in [0.15, 0.2) is 0 Å². The molecular formula is C9H11BrClF3N2. The fourth-order valence-electron chi connectivity index (χ4n) is 1.10. The van der Waals surface area contributed by atoms with E-state index in [9.17, 15) is 13.2 Å². The van der Waals surface area contributed by atoms with E-state index < -0.39 is 18.6 Å². The molecule has 0 aliphatic heterocycles. The molecule has 16 heavy (non-hydrogen) atoms. The van der Waals surface area contributed by atoms with Crippen LogP contribution >= 0.6 is 28.3 Å². The number of pyridine rings is 1. The molecule has 1 rings (SSSR count). The SMILES string of the molecule is Cl.N[C@H](CCC(F)(F)F)c1cccc(Br)n1. The summed E-state index contributed by atoms with van der Waals surface area (Å²) in [6.45, 7) is 0. The Labute approximate surface area is 106 Å². The highest BCUT2D eigenvalue weighted by molar-refractivity contribution is 9.10. The zero-order valence-electron chi connectivity index (χ0n) is 8.17. The van der Waals surface area contributed by atoms with Gasteiger partial charge in [0, 0.05) is 12.5 Å². The van der Waals surface area contributed by atoms with Gasteiger partial charge in [-0.2, -0.15) is 13.2 Å². The highest BCUT2D eigenvalue weighted by Gasteiger charge is 2.28. The van der Waals surface area contributed by atoms with E-state index in [0.29, 0.717) is 10.3 Å². The number of rotatable bonds is 3. The van der Waals surface area contributed by atoms with Crippen LogP contribution in [0, 0.1) is 0 Å². The Kier molecular flexibility index (Phi) is 6.28. The highest BCUT2D eigenvalue weighted by Crippen LogP contribution is 2.25. The van der Waals surface area contributed by atoms with E-state index in [0.717, 1.165) is 0 Å². The molecule has 0 saturated heterocycles. The van der Waals surface area contributed by atoms with Crippen molar-refractivity contribution in [3.05, 3.63) is 28.5 Å². The van der Waals surface area contributed by atoms with Gasteiger partial charge < -0.3 is 5.73 Å². The summed E-state index contributed by atoms with van der Waals surface area (Å²) in [5, 5.41) is 0. The Balaban J connectivity index is 0.00000225. The molecule has 0 aliphatic rings. The maximum absolute atomic E-state index is 11.9. The smallest absolute Gasteiger partial charge is 0.323 e. The summed E-state index contributed by atoms with van der Waals surface area (Å²) in [4.78, 5) is 4.00. The molecule has 0 fully saturated rings. The second-order valence-corrected chi connectivity index (χ2v) is 3.96. The molecule has 92 valence electrons. The van der Waals surface area contributed by atoms with Crippen LogP contribution in [0.15, 0.2) is 22.8 Å². The molecule has 0 aromatic carbocycles. The number of aromatic nitrogens is 1. The van der Waals surface area contributed by atoms with Gasteiger partial charge in [-0.05, 0) is 34.5 Å². The van der Waals surface area contributed by atoms with Crippen LogP contribution in [0.5, 0.6) is 0 Å². The standard InChI is InChI=1S/C9H10BrF3N2.ClH/c10-8-3-1-2-7(15-8)6(14)4-5-9(11,12)13;/h1-3,6H,4-5,14H2;1H/t6-;/m1./s1. The minimum atomic E-state index is -4.16. The second-order valence-electron chi connectivity index (χ2n) is 3.15. The zero-order valence-corrected chi connectivity index (χ0v) is 10.6. The molecule has 1 atom stereocenters. The van der Waals surface area contributed by atoms with Crippen LogP contribution in [-0.4, -0.2) is 11.2 Å². The van der Waals surface area contributed by atoms with Crippen molar-refractivity contribution >= 4 is 28.3 Å². The topological polar surface area (TPSA) is 38.9 Å². The Morgan fingerprint density at radius 3 is 2.50 bits per heavy atom. The molecular weight excluding hydrogens is 308 g/mol. The lowest BCUT2D eigenvalue weighted by Crippen LogP contribution is -2.16. The number of alkyl halides is 3. The molecule has 0 unspecified atom stereocenters. The summed E-state index contributed by atoms with van der Waals surface area (Å²) in [6, 6.07) is 4.33. The average Bonchev–Trinajstić information content (AvgIpc) is 2.13. The van der Waals surface area contributed by atoms with Crippen molar-refractivity contribution in [2.75, 3.05) is 0 Å². The Bertz CT molecular complexity index is 333. The number of hydrogen-bond acceptors (Lipinski definition) is 2. The van der Waals surface area contributed by atoms with E-state index in [4.69, 9.17) is 5.73 Å². The van der Waals surface area contributed by atoms with E-state index in [2.05, 4.69) is 20.9 Å². The van der Waals surface area contributed by atoms with Gasteiger partial charge in [0.1, 0.15) is 4.60 Å². The van der Waals surface area contributed by atoms with Crippen molar-refractivity contribution in [2.45, 2.75) is 25.1 Å². The van der Waals surface area contributed by atoms with E-state index >= 15 is 0 Å². The van der Waals surface area contributed by atoms with Gasteiger partial charge in [0.2, 0.25) is 0 Å². The molecule has 0 radical (unpaired) electrons. The third-order valence-corrected chi connectivity index (χ3v) is 2.30. The minimum absolute atomic E-state index is 0. The predicted octanol–water partition coefficient (Wildman–Crippen LogP) is 3.61. The summed E-state index contributed by atoms with van der Waals surface area (Å²) in [5.41, 5.74) is 6.05. The predicted molar refractivity (Wildman–Crippen MR) is 61.4 cm³/mol. The molecule has 1 heterocycles. The third kappa shape index (κ3) is 5.67. The molecule has 2 N–H and O–H groups in total. The van der Waals surface area contributed by atoms with Crippen molar-refractivity contribution in [1.82, 2.24) is 4.98 Å². The fourth-order valence-corrected chi connectivity index (χ4v) is 1.45. The largest absolute Gasteiger partial charge is 0.389 e. The third-order valence-electron chi connectivity index (χ3n) is 1.86. The molecule has 0 bridgehead atoms. The number of nitrogens with zero attached hydrogens (tertiary/aromatic N) is 1. The summed E-state index contributed by atoms with van der Waals surface area (Å²) in [6.07, 6.45) is -5.20. The van der Waals surface area contributed by atoms with Crippen LogP contribution in [0.25, 0.3) is 0 Å². The molecule has 7 heteroatoms. The van der Waals surface area contributed by atoms with Crippen LogP contribution in [0.2, 0.25) is 0 Å². The fraction of sp³-hybridized carbons (Fsp3) is 0.444. The lowest BCUT2D eigenvalue weighted by atomic mass is 10.1. The van der Waals surface area contributed by atoms with Gasteiger partial charge in [0.25, 0.3) is 0 Å². The minimum Gasteiger partial charge on any atom is -0.323 e. The molecule has 0 saturated carbocycles. The van der Waals surface area contributed by atoms with Gasteiger partial charge in [0.05, 0.1) is 5.69 Å². The first kappa shape index (κ1) is 15.7. The van der Waals surface area contributed by atoms with Crippen LogP contribution in [0.3, 0.4) is 0 Å². The van der Waals surface area contributed by atoms with Crippen LogP contribution < -0.4 is 5.73 Å². The van der Waals surface area contributed by atoms with Crippen molar-refractivity contribution < 1.29 is 13.2 Å². The van der Waals surface area contributed by atoms with Gasteiger partial charge in [-0.3, -0.25) is 0 Å². The first-order valence-corrected chi connectivity index (χ1v) is 5.12. The molecule has 1 aromatic rings. The molecule has 0 spiro atoms. The summed E-state index contributed by atoms with van der Waals surface area (Å²) in [7, 11) is 0. The molecule has 2 nitrogen and oxygen atoms in total. The lowest BCUT2D eigenvalue weighted by molar-refractivity contribution is -0.136. The molecule has 0 amide bonds. The van der Waals surface area contributed by atoms with E-state index in [1.807, 2.05) is 0 Å². The van der Waals surface area contributed by atoms with Crippen LogP contribution in [-0.2, 0) is 0 Å². The number of nitrogens with two attached hydrogens (primary N) is 1. The monoisotopic (exact) mass is 318 g/mol.